The average molecular weight is 254 g/mol. The van der Waals surface area contributed by atoms with E-state index in [1.807, 2.05) is 31.2 Å². The van der Waals surface area contributed by atoms with Gasteiger partial charge in [-0.05, 0) is 56.2 Å². The zero-order valence-electron chi connectivity index (χ0n) is 10.8. The van der Waals surface area contributed by atoms with Crippen LogP contribution in [-0.2, 0) is 0 Å². The molecule has 3 heteroatoms. The molecule has 3 rings (SSSR count). The molecule has 0 spiro atoms. The number of hydrogen-bond acceptors (Lipinski definition) is 1. The van der Waals surface area contributed by atoms with E-state index in [4.69, 9.17) is 5.26 Å². The number of alkyl halides is 1. The smallest absolute Gasteiger partial charge is 0.101 e. The predicted octanol–water partition coefficient (Wildman–Crippen LogP) is 3.87. The molecule has 0 amide bonds. The molecule has 0 N–H and O–H groups in total. The van der Waals surface area contributed by atoms with E-state index in [1.54, 1.807) is 0 Å². The van der Waals surface area contributed by atoms with Gasteiger partial charge in [0, 0.05) is 23.0 Å². The normalized spacial score (nSPS) is 21.7. The number of rotatable bonds is 2. The van der Waals surface area contributed by atoms with Gasteiger partial charge in [0.05, 0.1) is 11.6 Å². The summed E-state index contributed by atoms with van der Waals surface area (Å²) in [4.78, 5) is 0. The third kappa shape index (κ3) is 2.04. The van der Waals surface area contributed by atoms with Gasteiger partial charge in [0.25, 0.3) is 0 Å². The molecule has 2 nitrogen and oxygen atoms in total. The lowest BCUT2D eigenvalue weighted by atomic mass is 9.81. The summed E-state index contributed by atoms with van der Waals surface area (Å²) in [5.74, 6) is 0.319. The maximum atomic E-state index is 13.0. The van der Waals surface area contributed by atoms with Crippen LogP contribution in [0.25, 0.3) is 5.69 Å². The molecule has 19 heavy (non-hydrogen) atoms. The van der Waals surface area contributed by atoms with Gasteiger partial charge in [-0.2, -0.15) is 5.26 Å². The second-order valence-electron chi connectivity index (χ2n) is 5.16. The van der Waals surface area contributed by atoms with Crippen molar-refractivity contribution in [3.8, 4) is 11.8 Å². The maximum Gasteiger partial charge on any atom is 0.101 e. The van der Waals surface area contributed by atoms with E-state index < -0.39 is 6.17 Å². The number of nitriles is 1. The molecule has 0 aliphatic heterocycles. The highest BCUT2D eigenvalue weighted by molar-refractivity contribution is 5.43. The molecule has 0 radical (unpaired) electrons. The lowest BCUT2D eigenvalue weighted by Crippen LogP contribution is -2.24. The second kappa shape index (κ2) is 4.55. The van der Waals surface area contributed by atoms with Crippen molar-refractivity contribution in [3.05, 3.63) is 53.3 Å². The Kier molecular flexibility index (Phi) is 2.87. The molecule has 96 valence electrons. The minimum atomic E-state index is -0.644. The summed E-state index contributed by atoms with van der Waals surface area (Å²) in [7, 11) is 0. The number of aromatic nitrogens is 1. The first-order valence-electron chi connectivity index (χ1n) is 6.52. The van der Waals surface area contributed by atoms with E-state index in [-0.39, 0.29) is 0 Å². The first-order chi connectivity index (χ1) is 9.19. The highest BCUT2D eigenvalue weighted by Gasteiger charge is 2.32. The van der Waals surface area contributed by atoms with Crippen molar-refractivity contribution in [2.75, 3.05) is 0 Å². The van der Waals surface area contributed by atoms with E-state index in [0.29, 0.717) is 24.3 Å². The third-order valence-electron chi connectivity index (χ3n) is 3.86. The summed E-state index contributed by atoms with van der Waals surface area (Å²) in [6.45, 7) is 2.05. The Balaban J connectivity index is 1.99. The molecule has 1 fully saturated rings. The van der Waals surface area contributed by atoms with Gasteiger partial charge in [-0.25, -0.2) is 4.39 Å². The van der Waals surface area contributed by atoms with Crippen molar-refractivity contribution in [1.82, 2.24) is 4.57 Å². The molecule has 1 aliphatic carbocycles. The highest BCUT2D eigenvalue weighted by atomic mass is 19.1. The summed E-state index contributed by atoms with van der Waals surface area (Å²) in [5, 5.41) is 8.83. The number of nitrogens with zero attached hydrogens (tertiary/aromatic N) is 2. The standard InChI is InChI=1S/C16H15FN2/c1-11-2-7-16(13-8-14(17)9-13)19(11)15-5-3-12(10-18)4-6-15/h2-7,13-14H,8-9H2,1H3. The topological polar surface area (TPSA) is 28.7 Å². The fourth-order valence-corrected chi connectivity index (χ4v) is 2.70. The summed E-state index contributed by atoms with van der Waals surface area (Å²) >= 11 is 0. The quantitative estimate of drug-likeness (QED) is 0.799. The van der Waals surface area contributed by atoms with Crippen molar-refractivity contribution in [2.45, 2.75) is 31.9 Å². The first-order valence-corrected chi connectivity index (χ1v) is 6.52. The SMILES string of the molecule is Cc1ccc(C2CC(F)C2)n1-c1ccc(C#N)cc1. The average Bonchev–Trinajstić information content (AvgIpc) is 2.77. The minimum Gasteiger partial charge on any atom is -0.318 e. The van der Waals surface area contributed by atoms with Gasteiger partial charge in [0.2, 0.25) is 0 Å². The van der Waals surface area contributed by atoms with Crippen LogP contribution < -0.4 is 0 Å². The lowest BCUT2D eigenvalue weighted by molar-refractivity contribution is 0.175. The van der Waals surface area contributed by atoms with Crippen LogP contribution in [-0.4, -0.2) is 10.7 Å². The van der Waals surface area contributed by atoms with Crippen LogP contribution in [0.3, 0.4) is 0 Å². The van der Waals surface area contributed by atoms with Crippen molar-refractivity contribution >= 4 is 0 Å². The van der Waals surface area contributed by atoms with Gasteiger partial charge >= 0.3 is 0 Å². The summed E-state index contributed by atoms with van der Waals surface area (Å²) in [6, 6.07) is 13.8. The van der Waals surface area contributed by atoms with Gasteiger partial charge in [-0.15, -0.1) is 0 Å². The molecule has 1 aromatic heterocycles. The summed E-state index contributed by atoms with van der Waals surface area (Å²) in [6.07, 6.45) is 0.606. The van der Waals surface area contributed by atoms with E-state index in [2.05, 4.69) is 22.8 Å². The number of halogens is 1. The Morgan fingerprint density at radius 2 is 1.84 bits per heavy atom. The van der Waals surface area contributed by atoms with Crippen molar-refractivity contribution in [2.24, 2.45) is 0 Å². The predicted molar refractivity (Wildman–Crippen MR) is 72.1 cm³/mol. The summed E-state index contributed by atoms with van der Waals surface area (Å²) in [5.41, 5.74) is 4.01. The van der Waals surface area contributed by atoms with Gasteiger partial charge < -0.3 is 4.57 Å². The minimum absolute atomic E-state index is 0.319. The van der Waals surface area contributed by atoms with Gasteiger partial charge in [-0.3, -0.25) is 0 Å². The molecule has 1 heterocycles. The molecule has 0 atom stereocenters. The lowest BCUT2D eigenvalue weighted by Gasteiger charge is -2.31. The fraction of sp³-hybridized carbons (Fsp3) is 0.312. The second-order valence-corrected chi connectivity index (χ2v) is 5.16. The fourth-order valence-electron chi connectivity index (χ4n) is 2.70. The monoisotopic (exact) mass is 254 g/mol. The molecule has 0 unspecified atom stereocenters. The van der Waals surface area contributed by atoms with Crippen LogP contribution in [0.5, 0.6) is 0 Å². The van der Waals surface area contributed by atoms with E-state index in [9.17, 15) is 4.39 Å². The van der Waals surface area contributed by atoms with Crippen molar-refractivity contribution in [1.29, 1.82) is 5.26 Å². The van der Waals surface area contributed by atoms with Crippen molar-refractivity contribution in [3.63, 3.8) is 0 Å². The third-order valence-corrected chi connectivity index (χ3v) is 3.86. The Labute approximate surface area is 112 Å². The number of benzene rings is 1. The Morgan fingerprint density at radius 3 is 2.42 bits per heavy atom. The van der Waals surface area contributed by atoms with Crippen LogP contribution in [0.1, 0.15) is 35.7 Å². The highest BCUT2D eigenvalue weighted by Crippen LogP contribution is 2.40. The number of aryl methyl sites for hydroxylation is 1. The zero-order chi connectivity index (χ0) is 13.4. The Morgan fingerprint density at radius 1 is 1.16 bits per heavy atom. The Hall–Kier alpha value is -2.08. The molecular formula is C16H15FN2. The first kappa shape index (κ1) is 12.0. The Bertz CT molecular complexity index is 628. The van der Waals surface area contributed by atoms with Crippen LogP contribution in [0.2, 0.25) is 0 Å². The van der Waals surface area contributed by atoms with Crippen LogP contribution in [0.15, 0.2) is 36.4 Å². The van der Waals surface area contributed by atoms with Crippen LogP contribution in [0.4, 0.5) is 4.39 Å². The largest absolute Gasteiger partial charge is 0.318 e. The molecule has 0 saturated heterocycles. The molecular weight excluding hydrogens is 239 g/mol. The van der Waals surface area contributed by atoms with Crippen LogP contribution >= 0.6 is 0 Å². The molecule has 0 bridgehead atoms. The molecule has 1 aromatic carbocycles. The van der Waals surface area contributed by atoms with Crippen molar-refractivity contribution < 1.29 is 4.39 Å². The van der Waals surface area contributed by atoms with Crippen LogP contribution in [0, 0.1) is 18.3 Å². The van der Waals surface area contributed by atoms with E-state index >= 15 is 0 Å². The van der Waals surface area contributed by atoms with Gasteiger partial charge in [0.15, 0.2) is 0 Å². The van der Waals surface area contributed by atoms with Gasteiger partial charge in [0.1, 0.15) is 6.17 Å². The number of hydrogen-bond donors (Lipinski definition) is 0. The zero-order valence-corrected chi connectivity index (χ0v) is 10.8. The van der Waals surface area contributed by atoms with E-state index in [1.165, 1.54) is 5.69 Å². The molecule has 1 saturated carbocycles. The summed E-state index contributed by atoms with van der Waals surface area (Å²) < 4.78 is 15.2. The molecule has 2 aromatic rings. The maximum absolute atomic E-state index is 13.0. The van der Waals surface area contributed by atoms with Gasteiger partial charge in [-0.1, -0.05) is 0 Å². The molecule has 1 aliphatic rings. The van der Waals surface area contributed by atoms with E-state index in [0.717, 1.165) is 11.4 Å².